The van der Waals surface area contributed by atoms with E-state index in [9.17, 15) is 14.7 Å². The molecule has 0 saturated carbocycles. The average Bonchev–Trinajstić information content (AvgIpc) is 2.93. The zero-order valence-corrected chi connectivity index (χ0v) is 14.8. The lowest BCUT2D eigenvalue weighted by Gasteiger charge is -2.14. The summed E-state index contributed by atoms with van der Waals surface area (Å²) in [6.45, 7) is 1.98. The number of benzene rings is 1. The third kappa shape index (κ3) is 3.08. The van der Waals surface area contributed by atoms with Crippen molar-refractivity contribution < 1.29 is 9.84 Å². The molecule has 9 heteroatoms. The number of aliphatic hydroxyl groups excluding tert-OH is 1. The van der Waals surface area contributed by atoms with Gasteiger partial charge in [0.2, 0.25) is 5.95 Å². The van der Waals surface area contributed by atoms with Crippen molar-refractivity contribution in [1.82, 2.24) is 18.7 Å². The monoisotopic (exact) mass is 359 g/mol. The van der Waals surface area contributed by atoms with Gasteiger partial charge in [0.05, 0.1) is 6.54 Å². The average molecular weight is 359 g/mol. The third-order valence-electron chi connectivity index (χ3n) is 4.20. The summed E-state index contributed by atoms with van der Waals surface area (Å²) in [5.74, 6) is 0.693. The molecular weight excluding hydrogens is 338 g/mol. The number of hydrogen-bond acceptors (Lipinski definition) is 6. The van der Waals surface area contributed by atoms with Crippen molar-refractivity contribution in [3.63, 3.8) is 0 Å². The van der Waals surface area contributed by atoms with Crippen molar-refractivity contribution >= 4 is 17.1 Å². The van der Waals surface area contributed by atoms with E-state index in [2.05, 4.69) is 4.98 Å². The highest BCUT2D eigenvalue weighted by atomic mass is 16.5. The van der Waals surface area contributed by atoms with Gasteiger partial charge in [0.15, 0.2) is 11.2 Å². The highest BCUT2D eigenvalue weighted by molar-refractivity contribution is 5.73. The van der Waals surface area contributed by atoms with E-state index in [0.717, 1.165) is 10.1 Å². The number of aliphatic hydroxyl groups is 1. The Hall–Kier alpha value is -3.07. The first-order chi connectivity index (χ1) is 12.3. The minimum atomic E-state index is -0.919. The second kappa shape index (κ2) is 6.68. The van der Waals surface area contributed by atoms with Gasteiger partial charge in [-0.1, -0.05) is 12.1 Å². The molecule has 3 aromatic rings. The van der Waals surface area contributed by atoms with Crippen LogP contribution in [0.5, 0.6) is 5.75 Å². The van der Waals surface area contributed by atoms with Gasteiger partial charge in [-0.3, -0.25) is 13.9 Å². The highest BCUT2D eigenvalue weighted by Crippen LogP contribution is 2.15. The van der Waals surface area contributed by atoms with E-state index in [1.165, 1.54) is 23.2 Å². The summed E-state index contributed by atoms with van der Waals surface area (Å²) < 4.78 is 9.22. The van der Waals surface area contributed by atoms with E-state index in [1.807, 2.05) is 25.1 Å². The molecule has 0 fully saturated rings. The maximum Gasteiger partial charge on any atom is 0.332 e. The number of rotatable bonds is 5. The molecule has 1 aromatic carbocycles. The summed E-state index contributed by atoms with van der Waals surface area (Å²) >= 11 is 0. The molecular formula is C17H21N5O4. The van der Waals surface area contributed by atoms with E-state index in [4.69, 9.17) is 10.5 Å². The molecule has 0 aliphatic carbocycles. The number of imidazole rings is 1. The molecule has 0 amide bonds. The zero-order chi connectivity index (χ0) is 19.0. The number of nitrogens with two attached hydrogens (primary N) is 1. The van der Waals surface area contributed by atoms with Gasteiger partial charge in [0.25, 0.3) is 5.56 Å². The summed E-state index contributed by atoms with van der Waals surface area (Å²) in [4.78, 5) is 28.6. The molecule has 0 bridgehead atoms. The molecule has 2 heterocycles. The topological polar surface area (TPSA) is 117 Å². The molecule has 138 valence electrons. The summed E-state index contributed by atoms with van der Waals surface area (Å²) in [6.07, 6.45) is -0.919. The zero-order valence-electron chi connectivity index (χ0n) is 14.8. The van der Waals surface area contributed by atoms with Crippen LogP contribution in [0.15, 0.2) is 33.9 Å². The Kier molecular flexibility index (Phi) is 4.56. The smallest absolute Gasteiger partial charge is 0.332 e. The van der Waals surface area contributed by atoms with Gasteiger partial charge in [-0.25, -0.2) is 4.79 Å². The van der Waals surface area contributed by atoms with Gasteiger partial charge in [0, 0.05) is 14.1 Å². The number of aromatic nitrogens is 4. The van der Waals surface area contributed by atoms with E-state index < -0.39 is 17.4 Å². The Balaban J connectivity index is 1.88. The van der Waals surface area contributed by atoms with Gasteiger partial charge < -0.3 is 20.1 Å². The van der Waals surface area contributed by atoms with Crippen LogP contribution in [0.2, 0.25) is 0 Å². The lowest BCUT2D eigenvalue weighted by atomic mass is 10.2. The van der Waals surface area contributed by atoms with E-state index >= 15 is 0 Å². The molecule has 0 unspecified atom stereocenters. The minimum Gasteiger partial charge on any atom is -0.491 e. The first kappa shape index (κ1) is 17.7. The van der Waals surface area contributed by atoms with Gasteiger partial charge in [-0.2, -0.15) is 4.98 Å². The van der Waals surface area contributed by atoms with Crippen molar-refractivity contribution in [3.05, 3.63) is 50.7 Å². The number of nitrogens with zero attached hydrogens (tertiary/aromatic N) is 4. The van der Waals surface area contributed by atoms with Gasteiger partial charge in [-0.15, -0.1) is 0 Å². The van der Waals surface area contributed by atoms with Gasteiger partial charge in [0.1, 0.15) is 18.5 Å². The summed E-state index contributed by atoms with van der Waals surface area (Å²) in [5.41, 5.74) is 6.30. The molecule has 3 rings (SSSR count). The second-order valence-electron chi connectivity index (χ2n) is 6.24. The molecule has 0 spiro atoms. The van der Waals surface area contributed by atoms with E-state index in [-0.39, 0.29) is 30.3 Å². The van der Waals surface area contributed by atoms with Gasteiger partial charge in [-0.05, 0) is 24.6 Å². The molecule has 0 radical (unpaired) electrons. The molecule has 0 aliphatic rings. The van der Waals surface area contributed by atoms with E-state index in [0.29, 0.717) is 5.75 Å². The first-order valence-electron chi connectivity index (χ1n) is 8.09. The van der Waals surface area contributed by atoms with Crippen LogP contribution in [0.3, 0.4) is 0 Å². The van der Waals surface area contributed by atoms with Crippen LogP contribution in [-0.4, -0.2) is 36.5 Å². The number of ether oxygens (including phenoxy) is 1. The Morgan fingerprint density at radius 2 is 2.00 bits per heavy atom. The largest absolute Gasteiger partial charge is 0.491 e. The Morgan fingerprint density at radius 1 is 1.27 bits per heavy atom. The lowest BCUT2D eigenvalue weighted by molar-refractivity contribution is 0.0938. The van der Waals surface area contributed by atoms with Crippen molar-refractivity contribution in [1.29, 1.82) is 0 Å². The van der Waals surface area contributed by atoms with Crippen molar-refractivity contribution in [2.45, 2.75) is 19.6 Å². The Morgan fingerprint density at radius 3 is 2.69 bits per heavy atom. The molecule has 9 nitrogen and oxygen atoms in total. The molecule has 26 heavy (non-hydrogen) atoms. The maximum atomic E-state index is 12.5. The predicted octanol–water partition coefficient (Wildman–Crippen LogP) is -0.236. The number of fused-ring (bicyclic) bond motifs is 1. The van der Waals surface area contributed by atoms with Crippen LogP contribution in [0, 0.1) is 6.92 Å². The second-order valence-corrected chi connectivity index (χ2v) is 6.24. The third-order valence-corrected chi connectivity index (χ3v) is 4.20. The predicted molar refractivity (Wildman–Crippen MR) is 97.3 cm³/mol. The fraction of sp³-hybridized carbons (Fsp3) is 0.353. The standard InChI is InChI=1S/C17H21N5O4/c1-10-5-4-6-12(7-10)26-9-11(23)8-22-13-14(19-16(22)18)20(2)17(25)21(3)15(13)24/h4-7,11,23H,8-9H2,1-3H3,(H2,18,19)/t11-/m0/s1. The number of hydrogen-bond donors (Lipinski definition) is 2. The molecule has 3 N–H and O–H groups in total. The SMILES string of the molecule is Cc1cccc(OC[C@@H](O)Cn2c(N)nc3c2c(=O)n(C)c(=O)n3C)c1. The Bertz CT molecular complexity index is 1080. The van der Waals surface area contributed by atoms with Crippen LogP contribution in [0.4, 0.5) is 5.95 Å². The first-order valence-corrected chi connectivity index (χ1v) is 8.09. The van der Waals surface area contributed by atoms with Crippen LogP contribution in [0.1, 0.15) is 5.56 Å². The molecule has 1 atom stereocenters. The van der Waals surface area contributed by atoms with Crippen molar-refractivity contribution in [2.75, 3.05) is 12.3 Å². The van der Waals surface area contributed by atoms with Gasteiger partial charge >= 0.3 is 5.69 Å². The van der Waals surface area contributed by atoms with Crippen LogP contribution < -0.4 is 21.7 Å². The van der Waals surface area contributed by atoms with Crippen molar-refractivity contribution in [3.8, 4) is 5.75 Å². The summed E-state index contributed by atoms with van der Waals surface area (Å²) in [5, 5.41) is 10.3. The molecule has 0 aliphatic heterocycles. The molecule has 0 saturated heterocycles. The van der Waals surface area contributed by atoms with E-state index in [1.54, 1.807) is 6.07 Å². The fourth-order valence-electron chi connectivity index (χ4n) is 2.81. The fourth-order valence-corrected chi connectivity index (χ4v) is 2.81. The normalized spacial score (nSPS) is 12.5. The maximum absolute atomic E-state index is 12.5. The Labute approximate surface area is 148 Å². The highest BCUT2D eigenvalue weighted by Gasteiger charge is 2.19. The lowest BCUT2D eigenvalue weighted by Crippen LogP contribution is -2.38. The number of aryl methyl sites for hydroxylation is 2. The summed E-state index contributed by atoms with van der Waals surface area (Å²) in [7, 11) is 2.90. The number of nitrogen functional groups attached to an aromatic ring is 1. The molecule has 2 aromatic heterocycles. The van der Waals surface area contributed by atoms with Crippen LogP contribution in [-0.2, 0) is 20.6 Å². The van der Waals surface area contributed by atoms with Crippen LogP contribution >= 0.6 is 0 Å². The minimum absolute atomic E-state index is 0.0155. The number of anilines is 1. The quantitative estimate of drug-likeness (QED) is 0.649. The summed E-state index contributed by atoms with van der Waals surface area (Å²) in [6, 6.07) is 7.47. The van der Waals surface area contributed by atoms with Crippen molar-refractivity contribution in [2.24, 2.45) is 14.1 Å². The van der Waals surface area contributed by atoms with Crippen LogP contribution in [0.25, 0.3) is 11.2 Å².